The first-order valence-corrected chi connectivity index (χ1v) is 8.04. The number of aryl methyl sites for hydroxylation is 1. The van der Waals surface area contributed by atoms with Crippen molar-refractivity contribution in [2.45, 2.75) is 12.8 Å². The first-order chi connectivity index (χ1) is 11.2. The molecule has 0 aliphatic rings. The molecule has 0 saturated heterocycles. The maximum absolute atomic E-state index is 12.7. The SMILES string of the molecule is O=C(NCCCOc1ccc(F)cc1)c1ccc(CCCl)cc1. The fraction of sp³-hybridized carbons (Fsp3) is 0.278. The summed E-state index contributed by atoms with van der Waals surface area (Å²) in [5, 5.41) is 2.84. The smallest absolute Gasteiger partial charge is 0.251 e. The van der Waals surface area contributed by atoms with E-state index in [1.54, 1.807) is 24.3 Å². The predicted octanol–water partition coefficient (Wildman–Crippen LogP) is 3.81. The van der Waals surface area contributed by atoms with E-state index in [0.29, 0.717) is 36.8 Å². The summed E-state index contributed by atoms with van der Waals surface area (Å²) in [5.41, 5.74) is 1.74. The van der Waals surface area contributed by atoms with Crippen molar-refractivity contribution in [2.24, 2.45) is 0 Å². The lowest BCUT2D eigenvalue weighted by Crippen LogP contribution is -2.25. The fourth-order valence-corrected chi connectivity index (χ4v) is 2.25. The Hall–Kier alpha value is -2.07. The minimum absolute atomic E-state index is 0.107. The van der Waals surface area contributed by atoms with Crippen LogP contribution in [0.1, 0.15) is 22.3 Å². The van der Waals surface area contributed by atoms with Gasteiger partial charge in [-0.15, -0.1) is 11.6 Å². The zero-order valence-corrected chi connectivity index (χ0v) is 13.5. The van der Waals surface area contributed by atoms with E-state index in [9.17, 15) is 9.18 Å². The van der Waals surface area contributed by atoms with Crippen LogP contribution in [0.5, 0.6) is 5.75 Å². The van der Waals surface area contributed by atoms with Gasteiger partial charge in [-0.25, -0.2) is 4.39 Å². The minimum atomic E-state index is -0.290. The number of hydrogen-bond donors (Lipinski definition) is 1. The van der Waals surface area contributed by atoms with E-state index in [1.807, 2.05) is 12.1 Å². The van der Waals surface area contributed by atoms with Gasteiger partial charge in [-0.05, 0) is 54.8 Å². The number of hydrogen-bond acceptors (Lipinski definition) is 2. The monoisotopic (exact) mass is 335 g/mol. The molecule has 1 N–H and O–H groups in total. The molecule has 0 aliphatic heterocycles. The van der Waals surface area contributed by atoms with Crippen LogP contribution >= 0.6 is 11.6 Å². The van der Waals surface area contributed by atoms with E-state index in [-0.39, 0.29) is 11.7 Å². The van der Waals surface area contributed by atoms with Gasteiger partial charge in [0, 0.05) is 18.0 Å². The van der Waals surface area contributed by atoms with Crippen LogP contribution in [0.2, 0.25) is 0 Å². The van der Waals surface area contributed by atoms with Crippen LogP contribution in [0.15, 0.2) is 48.5 Å². The van der Waals surface area contributed by atoms with Crippen molar-refractivity contribution in [1.29, 1.82) is 0 Å². The van der Waals surface area contributed by atoms with E-state index in [0.717, 1.165) is 12.0 Å². The molecule has 23 heavy (non-hydrogen) atoms. The molecule has 0 spiro atoms. The van der Waals surface area contributed by atoms with Crippen molar-refractivity contribution >= 4 is 17.5 Å². The Morgan fingerprint density at radius 1 is 1.09 bits per heavy atom. The van der Waals surface area contributed by atoms with Gasteiger partial charge < -0.3 is 10.1 Å². The molecule has 122 valence electrons. The molecule has 0 radical (unpaired) electrons. The van der Waals surface area contributed by atoms with Crippen molar-refractivity contribution in [1.82, 2.24) is 5.32 Å². The molecule has 0 unspecified atom stereocenters. The van der Waals surface area contributed by atoms with Crippen LogP contribution in [-0.2, 0) is 6.42 Å². The molecule has 2 rings (SSSR count). The largest absolute Gasteiger partial charge is 0.494 e. The number of amides is 1. The first-order valence-electron chi connectivity index (χ1n) is 7.50. The molecule has 0 aliphatic carbocycles. The Morgan fingerprint density at radius 2 is 1.78 bits per heavy atom. The second kappa shape index (κ2) is 9.16. The number of carbonyl (C=O) groups excluding carboxylic acids is 1. The van der Waals surface area contributed by atoms with Crippen molar-refractivity contribution in [3.63, 3.8) is 0 Å². The highest BCUT2D eigenvalue weighted by Gasteiger charge is 2.04. The lowest BCUT2D eigenvalue weighted by atomic mass is 10.1. The van der Waals surface area contributed by atoms with Gasteiger partial charge in [0.1, 0.15) is 11.6 Å². The second-order valence-electron chi connectivity index (χ2n) is 5.05. The Balaban J connectivity index is 1.67. The molecular weight excluding hydrogens is 317 g/mol. The van der Waals surface area contributed by atoms with Crippen LogP contribution in [0.25, 0.3) is 0 Å². The Labute approximate surface area is 140 Å². The van der Waals surface area contributed by atoms with Crippen molar-refractivity contribution in [3.05, 3.63) is 65.5 Å². The third-order valence-electron chi connectivity index (χ3n) is 3.29. The quantitative estimate of drug-likeness (QED) is 0.588. The van der Waals surface area contributed by atoms with Gasteiger partial charge in [-0.3, -0.25) is 4.79 Å². The molecule has 2 aromatic carbocycles. The summed E-state index contributed by atoms with van der Waals surface area (Å²) >= 11 is 5.68. The molecule has 5 heteroatoms. The Bertz CT molecular complexity index is 614. The molecule has 0 saturated carbocycles. The number of halogens is 2. The second-order valence-corrected chi connectivity index (χ2v) is 5.43. The maximum atomic E-state index is 12.7. The standard InChI is InChI=1S/C18H19ClFNO2/c19-11-10-14-2-4-15(5-3-14)18(22)21-12-1-13-23-17-8-6-16(20)7-9-17/h2-9H,1,10-13H2,(H,21,22). The average Bonchev–Trinajstić information content (AvgIpc) is 2.57. The number of rotatable bonds is 8. The summed E-state index contributed by atoms with van der Waals surface area (Å²) in [5.74, 6) is 0.790. The zero-order valence-electron chi connectivity index (χ0n) is 12.7. The molecule has 0 bridgehead atoms. The van der Waals surface area contributed by atoms with Crippen molar-refractivity contribution < 1.29 is 13.9 Å². The minimum Gasteiger partial charge on any atom is -0.494 e. The van der Waals surface area contributed by atoms with Gasteiger partial charge in [0.2, 0.25) is 0 Å². The van der Waals surface area contributed by atoms with Crippen molar-refractivity contribution in [3.8, 4) is 5.75 Å². The molecule has 0 atom stereocenters. The summed E-state index contributed by atoms with van der Waals surface area (Å²) in [6, 6.07) is 13.3. The van der Waals surface area contributed by atoms with E-state index in [2.05, 4.69) is 5.32 Å². The molecule has 0 heterocycles. The molecule has 0 fully saturated rings. The number of carbonyl (C=O) groups is 1. The van der Waals surface area contributed by atoms with Gasteiger partial charge >= 0.3 is 0 Å². The third-order valence-corrected chi connectivity index (χ3v) is 3.48. The number of ether oxygens (including phenoxy) is 1. The first kappa shape index (κ1) is 17.3. The topological polar surface area (TPSA) is 38.3 Å². The van der Waals surface area contributed by atoms with Gasteiger partial charge in [0.25, 0.3) is 5.91 Å². The lowest BCUT2D eigenvalue weighted by Gasteiger charge is -2.08. The highest BCUT2D eigenvalue weighted by molar-refractivity contribution is 6.18. The van der Waals surface area contributed by atoms with E-state index in [4.69, 9.17) is 16.3 Å². The van der Waals surface area contributed by atoms with Crippen LogP contribution in [-0.4, -0.2) is 24.9 Å². The summed E-state index contributed by atoms with van der Waals surface area (Å²) in [4.78, 5) is 12.0. The van der Waals surface area contributed by atoms with Gasteiger partial charge in [0.05, 0.1) is 6.61 Å². The van der Waals surface area contributed by atoms with E-state index < -0.39 is 0 Å². The van der Waals surface area contributed by atoms with Crippen LogP contribution in [0, 0.1) is 5.82 Å². The Kier molecular flexibility index (Phi) is 6.88. The predicted molar refractivity (Wildman–Crippen MR) is 89.7 cm³/mol. The zero-order chi connectivity index (χ0) is 16.5. The molecular formula is C18H19ClFNO2. The highest BCUT2D eigenvalue weighted by atomic mass is 35.5. The molecule has 2 aromatic rings. The average molecular weight is 336 g/mol. The molecule has 1 amide bonds. The van der Waals surface area contributed by atoms with Crippen LogP contribution in [0.3, 0.4) is 0 Å². The van der Waals surface area contributed by atoms with E-state index >= 15 is 0 Å². The normalized spacial score (nSPS) is 10.3. The third kappa shape index (κ3) is 5.91. The van der Waals surface area contributed by atoms with E-state index in [1.165, 1.54) is 12.1 Å². The maximum Gasteiger partial charge on any atom is 0.251 e. The van der Waals surface area contributed by atoms with Crippen LogP contribution in [0.4, 0.5) is 4.39 Å². The van der Waals surface area contributed by atoms with Crippen LogP contribution < -0.4 is 10.1 Å². The van der Waals surface area contributed by atoms with Crippen molar-refractivity contribution in [2.75, 3.05) is 19.0 Å². The summed E-state index contributed by atoms with van der Waals surface area (Å²) in [6.07, 6.45) is 1.47. The molecule has 3 nitrogen and oxygen atoms in total. The van der Waals surface area contributed by atoms with Gasteiger partial charge in [0.15, 0.2) is 0 Å². The highest BCUT2D eigenvalue weighted by Crippen LogP contribution is 2.11. The fourth-order valence-electron chi connectivity index (χ4n) is 2.03. The number of nitrogens with one attached hydrogen (secondary N) is 1. The molecule has 0 aromatic heterocycles. The Morgan fingerprint density at radius 3 is 2.43 bits per heavy atom. The van der Waals surface area contributed by atoms with Gasteiger partial charge in [-0.2, -0.15) is 0 Å². The van der Waals surface area contributed by atoms with Gasteiger partial charge in [-0.1, -0.05) is 12.1 Å². The summed E-state index contributed by atoms with van der Waals surface area (Å²) in [7, 11) is 0. The summed E-state index contributed by atoms with van der Waals surface area (Å²) < 4.78 is 18.2. The lowest BCUT2D eigenvalue weighted by molar-refractivity contribution is 0.0951. The number of benzene rings is 2. The number of alkyl halides is 1. The summed E-state index contributed by atoms with van der Waals surface area (Å²) in [6.45, 7) is 0.976.